The van der Waals surface area contributed by atoms with Crippen LogP contribution in [-0.4, -0.2) is 52.2 Å². The summed E-state index contributed by atoms with van der Waals surface area (Å²) in [4.78, 5) is 13.8. The monoisotopic (exact) mass is 485 g/mol. The normalized spacial score (nSPS) is 13.8. The minimum atomic E-state index is -4.47. The smallest absolute Gasteiger partial charge is 0.351 e. The topological polar surface area (TPSA) is 108 Å². The van der Waals surface area contributed by atoms with E-state index < -0.39 is 11.9 Å². The molecular formula is C22H22F3N9O. The first kappa shape index (κ1) is 22.7. The summed E-state index contributed by atoms with van der Waals surface area (Å²) in [7, 11) is 0. The Morgan fingerprint density at radius 3 is 2.63 bits per heavy atom. The molecule has 1 fully saturated rings. The van der Waals surface area contributed by atoms with Gasteiger partial charge in [-0.25, -0.2) is 4.68 Å². The van der Waals surface area contributed by atoms with E-state index in [0.717, 1.165) is 24.5 Å². The Morgan fingerprint density at radius 1 is 1.09 bits per heavy atom. The minimum absolute atomic E-state index is 0.139. The third kappa shape index (κ3) is 5.39. The largest absolute Gasteiger partial charge is 0.435 e. The van der Waals surface area contributed by atoms with Crippen LogP contribution in [0, 0.1) is 0 Å². The van der Waals surface area contributed by atoms with Gasteiger partial charge in [0.2, 0.25) is 5.82 Å². The molecule has 1 aromatic carbocycles. The Balaban J connectivity index is 1.12. The van der Waals surface area contributed by atoms with Crippen LogP contribution in [-0.2, 0) is 19.4 Å². The number of aromatic nitrogens is 8. The summed E-state index contributed by atoms with van der Waals surface area (Å²) in [6.45, 7) is 0.748. The highest BCUT2D eigenvalue weighted by atomic mass is 19.4. The fourth-order valence-electron chi connectivity index (χ4n) is 3.67. The molecule has 0 saturated heterocycles. The molecule has 35 heavy (non-hydrogen) atoms. The molecule has 0 atom stereocenters. The number of halogens is 3. The molecule has 5 rings (SSSR count). The van der Waals surface area contributed by atoms with Crippen molar-refractivity contribution in [3.8, 4) is 11.4 Å². The van der Waals surface area contributed by atoms with Crippen molar-refractivity contribution in [2.75, 3.05) is 6.54 Å². The van der Waals surface area contributed by atoms with Gasteiger partial charge in [0.05, 0.1) is 0 Å². The van der Waals surface area contributed by atoms with Crippen molar-refractivity contribution in [3.63, 3.8) is 0 Å². The highest BCUT2D eigenvalue weighted by Gasteiger charge is 2.37. The number of nitrogens with one attached hydrogen (secondary N) is 1. The number of alkyl halides is 3. The Labute approximate surface area is 197 Å². The molecule has 0 spiro atoms. The number of amides is 1. The molecule has 13 heteroatoms. The predicted octanol–water partition coefficient (Wildman–Crippen LogP) is 2.96. The third-order valence-corrected chi connectivity index (χ3v) is 5.56. The van der Waals surface area contributed by atoms with Crippen molar-refractivity contribution in [1.29, 1.82) is 0 Å². The number of rotatable bonds is 9. The molecule has 10 nitrogen and oxygen atoms in total. The van der Waals surface area contributed by atoms with Crippen LogP contribution in [0.25, 0.3) is 11.4 Å². The fraction of sp³-hybridized carbons (Fsp3) is 0.364. The Kier molecular flexibility index (Phi) is 6.05. The summed E-state index contributed by atoms with van der Waals surface area (Å²) in [5.74, 6) is 0.250. The molecule has 1 N–H and O–H groups in total. The lowest BCUT2D eigenvalue weighted by Gasteiger charge is -2.07. The van der Waals surface area contributed by atoms with Gasteiger partial charge < -0.3 is 5.32 Å². The lowest BCUT2D eigenvalue weighted by molar-refractivity contribution is -0.141. The minimum Gasteiger partial charge on any atom is -0.351 e. The third-order valence-electron chi connectivity index (χ3n) is 5.56. The second-order valence-electron chi connectivity index (χ2n) is 8.29. The molecule has 182 valence electrons. The van der Waals surface area contributed by atoms with Crippen LogP contribution in [0.15, 0.2) is 48.7 Å². The maximum Gasteiger partial charge on any atom is 0.435 e. The zero-order chi connectivity index (χ0) is 24.4. The summed E-state index contributed by atoms with van der Waals surface area (Å²) in [6.07, 6.45) is -0.645. The van der Waals surface area contributed by atoms with Gasteiger partial charge in [-0.1, -0.05) is 30.3 Å². The molecule has 1 saturated carbocycles. The van der Waals surface area contributed by atoms with Crippen molar-refractivity contribution in [2.45, 2.75) is 44.6 Å². The summed E-state index contributed by atoms with van der Waals surface area (Å²) >= 11 is 0. The van der Waals surface area contributed by atoms with E-state index in [4.69, 9.17) is 0 Å². The van der Waals surface area contributed by atoms with E-state index >= 15 is 0 Å². The lowest BCUT2D eigenvalue weighted by Crippen LogP contribution is -2.26. The first-order chi connectivity index (χ1) is 16.9. The molecular weight excluding hydrogens is 463 g/mol. The summed E-state index contributed by atoms with van der Waals surface area (Å²) in [5, 5.41) is 23.1. The van der Waals surface area contributed by atoms with Gasteiger partial charge in [-0.3, -0.25) is 9.48 Å². The number of hydrogen-bond acceptors (Lipinski definition) is 6. The van der Waals surface area contributed by atoms with E-state index in [1.54, 1.807) is 12.3 Å². The molecule has 0 unspecified atom stereocenters. The number of carbonyl (C=O) groups is 1. The average molecular weight is 485 g/mol. The van der Waals surface area contributed by atoms with Crippen LogP contribution in [0.1, 0.15) is 47.1 Å². The van der Waals surface area contributed by atoms with Crippen LogP contribution >= 0.6 is 0 Å². The van der Waals surface area contributed by atoms with Gasteiger partial charge in [0, 0.05) is 36.5 Å². The second kappa shape index (κ2) is 9.31. The number of tetrazole rings is 1. The van der Waals surface area contributed by atoms with Crippen LogP contribution in [0.5, 0.6) is 0 Å². The van der Waals surface area contributed by atoms with Gasteiger partial charge >= 0.3 is 6.18 Å². The van der Waals surface area contributed by atoms with E-state index in [-0.39, 0.29) is 30.7 Å². The van der Waals surface area contributed by atoms with Crippen molar-refractivity contribution in [1.82, 2.24) is 45.1 Å². The van der Waals surface area contributed by atoms with Crippen LogP contribution in [0.2, 0.25) is 0 Å². The molecule has 3 aromatic heterocycles. The van der Waals surface area contributed by atoms with Crippen LogP contribution in [0.3, 0.4) is 0 Å². The standard InChI is InChI=1S/C22H22F3N9O/c23-22(24,25)19-13-18(15-7-8-15)33(29-19)11-4-10-26-21(35)17-9-12-32(28-17)14-34-30-20(27-31-34)16-5-2-1-3-6-16/h1-3,5-6,9,12-13,15H,4,7-8,10-11,14H2,(H,26,35). The Morgan fingerprint density at radius 2 is 1.89 bits per heavy atom. The van der Waals surface area contributed by atoms with Gasteiger partial charge in [0.15, 0.2) is 12.4 Å². The maximum atomic E-state index is 13.0. The first-order valence-electron chi connectivity index (χ1n) is 11.2. The molecule has 1 amide bonds. The van der Waals surface area contributed by atoms with E-state index in [1.165, 1.54) is 14.2 Å². The highest BCUT2D eigenvalue weighted by Crippen LogP contribution is 2.42. The van der Waals surface area contributed by atoms with Gasteiger partial charge in [0.1, 0.15) is 5.69 Å². The maximum absolute atomic E-state index is 13.0. The average Bonchev–Trinajstić information content (AvgIpc) is 3.23. The SMILES string of the molecule is O=C(NCCCn1nc(C(F)(F)F)cc1C1CC1)c1ccn(Cn2nnc(-c3ccccc3)n2)n1. The van der Waals surface area contributed by atoms with Gasteiger partial charge in [-0.15, -0.1) is 15.0 Å². The van der Waals surface area contributed by atoms with E-state index in [9.17, 15) is 18.0 Å². The number of hydrogen-bond donors (Lipinski definition) is 1. The van der Waals surface area contributed by atoms with Gasteiger partial charge in [-0.2, -0.15) is 23.4 Å². The molecule has 0 bridgehead atoms. The molecule has 1 aliphatic rings. The summed E-state index contributed by atoms with van der Waals surface area (Å²) in [6, 6.07) is 12.1. The van der Waals surface area contributed by atoms with E-state index in [0.29, 0.717) is 24.5 Å². The van der Waals surface area contributed by atoms with Crippen molar-refractivity contribution in [2.24, 2.45) is 0 Å². The number of aryl methyl sites for hydroxylation is 1. The number of carbonyl (C=O) groups excluding carboxylic acids is 1. The fourth-order valence-corrected chi connectivity index (χ4v) is 3.67. The molecule has 0 radical (unpaired) electrons. The molecule has 4 aromatic rings. The first-order valence-corrected chi connectivity index (χ1v) is 11.2. The van der Waals surface area contributed by atoms with Gasteiger partial charge in [0.25, 0.3) is 5.91 Å². The molecule has 0 aliphatic heterocycles. The summed E-state index contributed by atoms with van der Waals surface area (Å²) in [5.41, 5.74) is 0.796. The quantitative estimate of drug-likeness (QED) is 0.365. The van der Waals surface area contributed by atoms with Crippen LogP contribution < -0.4 is 5.32 Å². The number of benzene rings is 1. The van der Waals surface area contributed by atoms with E-state index in [2.05, 4.69) is 30.9 Å². The van der Waals surface area contributed by atoms with Crippen molar-refractivity contribution >= 4 is 5.91 Å². The number of nitrogens with zero attached hydrogens (tertiary/aromatic N) is 8. The second-order valence-corrected chi connectivity index (χ2v) is 8.29. The van der Waals surface area contributed by atoms with Crippen molar-refractivity contribution < 1.29 is 18.0 Å². The van der Waals surface area contributed by atoms with Gasteiger partial charge in [-0.05, 0) is 36.6 Å². The Hall–Kier alpha value is -4.03. The van der Waals surface area contributed by atoms with Crippen LogP contribution in [0.4, 0.5) is 13.2 Å². The summed E-state index contributed by atoms with van der Waals surface area (Å²) < 4.78 is 42.0. The van der Waals surface area contributed by atoms with Crippen molar-refractivity contribution in [3.05, 3.63) is 65.7 Å². The molecule has 3 heterocycles. The molecule has 1 aliphatic carbocycles. The predicted molar refractivity (Wildman–Crippen MR) is 117 cm³/mol. The zero-order valence-corrected chi connectivity index (χ0v) is 18.6. The highest BCUT2D eigenvalue weighted by molar-refractivity contribution is 5.92. The zero-order valence-electron chi connectivity index (χ0n) is 18.6. The van der Waals surface area contributed by atoms with E-state index in [1.807, 2.05) is 30.3 Å². The lowest BCUT2D eigenvalue weighted by atomic mass is 10.2. The Bertz CT molecular complexity index is 1310.